The standard InChI is InChI=1S/C28H27NO2/c30-24-11-15-27-23(20-24)10-14-26(21-6-2-1-3-7-21)28(27)22-8-12-25(13-9-22)31-19-18-29-16-4-5-17-29/h1-3,6-15,20,30H,4-5,16-19H2. The van der Waals surface area contributed by atoms with Crippen LogP contribution in [-0.4, -0.2) is 36.2 Å². The Hall–Kier alpha value is -3.30. The number of fused-ring (bicyclic) bond motifs is 1. The lowest BCUT2D eigenvalue weighted by Crippen LogP contribution is -2.25. The van der Waals surface area contributed by atoms with E-state index in [4.69, 9.17) is 4.74 Å². The quantitative estimate of drug-likeness (QED) is 0.402. The van der Waals surface area contributed by atoms with Crippen molar-refractivity contribution in [3.8, 4) is 33.8 Å². The van der Waals surface area contributed by atoms with E-state index in [-0.39, 0.29) is 5.75 Å². The van der Waals surface area contributed by atoms with Crippen LogP contribution in [0.4, 0.5) is 0 Å². The molecule has 1 heterocycles. The second kappa shape index (κ2) is 8.83. The second-order valence-corrected chi connectivity index (χ2v) is 8.18. The lowest BCUT2D eigenvalue weighted by atomic mass is 9.90. The van der Waals surface area contributed by atoms with Crippen molar-refractivity contribution < 1.29 is 9.84 Å². The molecule has 0 atom stereocenters. The number of ether oxygens (including phenoxy) is 1. The van der Waals surface area contributed by atoms with Gasteiger partial charge >= 0.3 is 0 Å². The van der Waals surface area contributed by atoms with E-state index in [1.54, 1.807) is 6.07 Å². The molecule has 0 aliphatic carbocycles. The summed E-state index contributed by atoms with van der Waals surface area (Å²) in [6.45, 7) is 4.11. The molecule has 4 aromatic carbocycles. The number of aromatic hydroxyl groups is 1. The van der Waals surface area contributed by atoms with Crippen molar-refractivity contribution in [1.29, 1.82) is 0 Å². The molecule has 0 bridgehead atoms. The molecule has 1 saturated heterocycles. The van der Waals surface area contributed by atoms with Crippen LogP contribution in [0, 0.1) is 0 Å². The molecule has 1 aliphatic heterocycles. The summed E-state index contributed by atoms with van der Waals surface area (Å²) in [6, 6.07) is 28.7. The van der Waals surface area contributed by atoms with Crippen LogP contribution in [-0.2, 0) is 0 Å². The van der Waals surface area contributed by atoms with Crippen LogP contribution >= 0.6 is 0 Å². The Morgan fingerprint density at radius 3 is 2.32 bits per heavy atom. The van der Waals surface area contributed by atoms with E-state index in [0.29, 0.717) is 0 Å². The maximum atomic E-state index is 9.96. The second-order valence-electron chi connectivity index (χ2n) is 8.18. The summed E-state index contributed by atoms with van der Waals surface area (Å²) < 4.78 is 6.00. The van der Waals surface area contributed by atoms with Gasteiger partial charge in [-0.3, -0.25) is 4.90 Å². The molecule has 0 unspecified atom stereocenters. The number of nitrogens with zero attached hydrogens (tertiary/aromatic N) is 1. The monoisotopic (exact) mass is 409 g/mol. The fourth-order valence-electron chi connectivity index (χ4n) is 4.50. The van der Waals surface area contributed by atoms with E-state index in [0.717, 1.165) is 35.2 Å². The van der Waals surface area contributed by atoms with Crippen molar-refractivity contribution in [2.24, 2.45) is 0 Å². The van der Waals surface area contributed by atoms with E-state index in [1.807, 2.05) is 18.2 Å². The molecule has 0 radical (unpaired) electrons. The SMILES string of the molecule is Oc1ccc2c(-c3ccc(OCCN4CCCC4)cc3)c(-c3ccccc3)ccc2c1. The Morgan fingerprint density at radius 2 is 1.55 bits per heavy atom. The highest BCUT2D eigenvalue weighted by atomic mass is 16.5. The molecule has 0 amide bonds. The van der Waals surface area contributed by atoms with Gasteiger partial charge in [0.05, 0.1) is 0 Å². The van der Waals surface area contributed by atoms with Gasteiger partial charge in [-0.15, -0.1) is 0 Å². The maximum Gasteiger partial charge on any atom is 0.119 e. The van der Waals surface area contributed by atoms with Crippen LogP contribution in [0.5, 0.6) is 11.5 Å². The van der Waals surface area contributed by atoms with E-state index < -0.39 is 0 Å². The third kappa shape index (κ3) is 4.28. The van der Waals surface area contributed by atoms with E-state index >= 15 is 0 Å². The Morgan fingerprint density at radius 1 is 0.774 bits per heavy atom. The normalized spacial score (nSPS) is 14.2. The summed E-state index contributed by atoms with van der Waals surface area (Å²) in [4.78, 5) is 2.46. The largest absolute Gasteiger partial charge is 0.508 e. The van der Waals surface area contributed by atoms with Gasteiger partial charge in [0.1, 0.15) is 18.1 Å². The van der Waals surface area contributed by atoms with Crippen molar-refractivity contribution in [1.82, 2.24) is 4.90 Å². The Kier molecular flexibility index (Phi) is 5.59. The van der Waals surface area contributed by atoms with E-state index in [1.165, 1.54) is 42.6 Å². The van der Waals surface area contributed by atoms with Crippen molar-refractivity contribution in [3.63, 3.8) is 0 Å². The molecule has 1 fully saturated rings. The zero-order valence-electron chi connectivity index (χ0n) is 17.6. The summed E-state index contributed by atoms with van der Waals surface area (Å²) in [5.41, 5.74) is 4.68. The molecule has 0 saturated carbocycles. The number of hydrogen-bond donors (Lipinski definition) is 1. The number of phenolic OH excluding ortho intramolecular Hbond substituents is 1. The van der Waals surface area contributed by atoms with E-state index in [9.17, 15) is 5.11 Å². The fraction of sp³-hybridized carbons (Fsp3) is 0.214. The summed E-state index contributed by atoms with van der Waals surface area (Å²) in [6.07, 6.45) is 2.61. The predicted molar refractivity (Wildman–Crippen MR) is 128 cm³/mol. The molecule has 3 nitrogen and oxygen atoms in total. The molecule has 3 heteroatoms. The van der Waals surface area contributed by atoms with Gasteiger partial charge < -0.3 is 9.84 Å². The highest BCUT2D eigenvalue weighted by Gasteiger charge is 2.13. The van der Waals surface area contributed by atoms with Gasteiger partial charge in [0.15, 0.2) is 0 Å². The average molecular weight is 410 g/mol. The van der Waals surface area contributed by atoms with Gasteiger partial charge in [-0.2, -0.15) is 0 Å². The first-order valence-corrected chi connectivity index (χ1v) is 11.0. The summed E-state index contributed by atoms with van der Waals surface area (Å²) in [5.74, 6) is 1.19. The molecule has 0 aromatic heterocycles. The van der Waals surface area contributed by atoms with Gasteiger partial charge in [-0.25, -0.2) is 0 Å². The maximum absolute atomic E-state index is 9.96. The van der Waals surface area contributed by atoms with Crippen molar-refractivity contribution in [2.45, 2.75) is 12.8 Å². The lowest BCUT2D eigenvalue weighted by Gasteiger charge is -2.16. The molecule has 1 N–H and O–H groups in total. The van der Waals surface area contributed by atoms with Crippen LogP contribution in [0.3, 0.4) is 0 Å². The molecule has 4 aromatic rings. The first-order chi connectivity index (χ1) is 15.3. The summed E-state index contributed by atoms with van der Waals surface area (Å²) in [7, 11) is 0. The Balaban J connectivity index is 1.48. The number of hydrogen-bond acceptors (Lipinski definition) is 3. The smallest absolute Gasteiger partial charge is 0.119 e. The number of benzene rings is 4. The molecule has 1 aliphatic rings. The number of phenols is 1. The van der Waals surface area contributed by atoms with Crippen molar-refractivity contribution in [3.05, 3.63) is 84.9 Å². The third-order valence-electron chi connectivity index (χ3n) is 6.11. The zero-order valence-corrected chi connectivity index (χ0v) is 17.6. The van der Waals surface area contributed by atoms with Crippen LogP contribution in [0.15, 0.2) is 84.9 Å². The summed E-state index contributed by atoms with van der Waals surface area (Å²) >= 11 is 0. The van der Waals surface area contributed by atoms with Gasteiger partial charge in [-0.1, -0.05) is 60.7 Å². The topological polar surface area (TPSA) is 32.7 Å². The minimum Gasteiger partial charge on any atom is -0.508 e. The predicted octanol–water partition coefficient (Wildman–Crippen LogP) is 6.35. The minimum absolute atomic E-state index is 0.285. The number of likely N-dealkylation sites (tertiary alicyclic amines) is 1. The summed E-state index contributed by atoms with van der Waals surface area (Å²) in [5, 5.41) is 12.1. The van der Waals surface area contributed by atoms with Crippen LogP contribution in [0.25, 0.3) is 33.0 Å². The Labute approximate surface area is 183 Å². The highest BCUT2D eigenvalue weighted by Crippen LogP contribution is 2.39. The zero-order chi connectivity index (χ0) is 21.0. The molecule has 31 heavy (non-hydrogen) atoms. The average Bonchev–Trinajstić information content (AvgIpc) is 3.33. The van der Waals surface area contributed by atoms with Gasteiger partial charge in [0, 0.05) is 6.54 Å². The fourth-order valence-corrected chi connectivity index (χ4v) is 4.50. The molecule has 0 spiro atoms. The van der Waals surface area contributed by atoms with Gasteiger partial charge in [-0.05, 0) is 83.2 Å². The van der Waals surface area contributed by atoms with Crippen LogP contribution in [0.1, 0.15) is 12.8 Å². The molecule has 156 valence electrons. The van der Waals surface area contributed by atoms with Crippen molar-refractivity contribution in [2.75, 3.05) is 26.2 Å². The molecular weight excluding hydrogens is 382 g/mol. The van der Waals surface area contributed by atoms with Gasteiger partial charge in [0.25, 0.3) is 0 Å². The highest BCUT2D eigenvalue weighted by molar-refractivity contribution is 6.04. The third-order valence-corrected chi connectivity index (χ3v) is 6.11. The minimum atomic E-state index is 0.285. The van der Waals surface area contributed by atoms with Crippen molar-refractivity contribution >= 4 is 10.8 Å². The Bertz CT molecular complexity index is 1160. The lowest BCUT2D eigenvalue weighted by molar-refractivity contribution is 0.238. The molecule has 5 rings (SSSR count). The van der Waals surface area contributed by atoms with Gasteiger partial charge in [0.2, 0.25) is 0 Å². The molecular formula is C28H27NO2. The first kappa shape index (κ1) is 19.7. The van der Waals surface area contributed by atoms with Crippen LogP contribution in [0.2, 0.25) is 0 Å². The van der Waals surface area contributed by atoms with Crippen LogP contribution < -0.4 is 4.74 Å². The first-order valence-electron chi connectivity index (χ1n) is 11.0. The number of rotatable bonds is 6. The van der Waals surface area contributed by atoms with E-state index in [2.05, 4.69) is 65.6 Å².